The van der Waals surface area contributed by atoms with Crippen LogP contribution < -0.4 is 5.32 Å². The molecule has 0 spiro atoms. The molecule has 0 radical (unpaired) electrons. The number of carboxylic acids is 1. The zero-order valence-corrected chi connectivity index (χ0v) is 9.91. The number of hydrogen-bond acceptors (Lipinski definition) is 2. The van der Waals surface area contributed by atoms with Crippen LogP contribution in [0.1, 0.15) is 40.5 Å². The summed E-state index contributed by atoms with van der Waals surface area (Å²) in [5.41, 5.74) is 0. The SMILES string of the molecule is CCC[C@H](C)C(=O)N[C@H](C(=O)O)C(C)C. The number of rotatable bonds is 6. The fraction of sp³-hybridized carbons (Fsp3) is 0.818. The molecular weight excluding hydrogens is 194 g/mol. The summed E-state index contributed by atoms with van der Waals surface area (Å²) in [4.78, 5) is 22.4. The first kappa shape index (κ1) is 13.9. The van der Waals surface area contributed by atoms with Gasteiger partial charge in [-0.05, 0) is 12.3 Å². The fourth-order valence-electron chi connectivity index (χ4n) is 1.37. The first-order valence-electron chi connectivity index (χ1n) is 5.43. The number of carbonyl (C=O) groups is 2. The maximum atomic E-state index is 11.6. The molecule has 0 bridgehead atoms. The molecule has 4 heteroatoms. The minimum Gasteiger partial charge on any atom is -0.480 e. The largest absolute Gasteiger partial charge is 0.480 e. The van der Waals surface area contributed by atoms with E-state index in [0.717, 1.165) is 12.8 Å². The Balaban J connectivity index is 4.29. The van der Waals surface area contributed by atoms with Crippen molar-refractivity contribution in [1.29, 1.82) is 0 Å². The lowest BCUT2D eigenvalue weighted by Gasteiger charge is -2.20. The minimum atomic E-state index is -0.970. The van der Waals surface area contributed by atoms with Gasteiger partial charge < -0.3 is 10.4 Å². The van der Waals surface area contributed by atoms with Gasteiger partial charge in [0.25, 0.3) is 0 Å². The third-order valence-corrected chi connectivity index (χ3v) is 2.40. The molecule has 0 saturated heterocycles. The number of aliphatic carboxylic acids is 1. The fourth-order valence-corrected chi connectivity index (χ4v) is 1.37. The van der Waals surface area contributed by atoms with E-state index >= 15 is 0 Å². The number of carbonyl (C=O) groups excluding carboxylic acids is 1. The van der Waals surface area contributed by atoms with Crippen LogP contribution in [0.4, 0.5) is 0 Å². The molecule has 0 unspecified atom stereocenters. The van der Waals surface area contributed by atoms with Crippen LogP contribution in [0.15, 0.2) is 0 Å². The molecule has 88 valence electrons. The van der Waals surface area contributed by atoms with Crippen molar-refractivity contribution in [2.45, 2.75) is 46.6 Å². The quantitative estimate of drug-likeness (QED) is 0.708. The van der Waals surface area contributed by atoms with Gasteiger partial charge in [0.1, 0.15) is 6.04 Å². The summed E-state index contributed by atoms with van der Waals surface area (Å²) in [6, 6.07) is -0.781. The van der Waals surface area contributed by atoms with Gasteiger partial charge in [-0.15, -0.1) is 0 Å². The van der Waals surface area contributed by atoms with Crippen molar-refractivity contribution >= 4 is 11.9 Å². The lowest BCUT2D eigenvalue weighted by molar-refractivity contribution is -0.143. The lowest BCUT2D eigenvalue weighted by atomic mass is 10.0. The van der Waals surface area contributed by atoms with E-state index in [1.807, 2.05) is 13.8 Å². The number of nitrogens with one attached hydrogen (secondary N) is 1. The first-order valence-corrected chi connectivity index (χ1v) is 5.43. The summed E-state index contributed by atoms with van der Waals surface area (Å²) in [6.07, 6.45) is 1.71. The average Bonchev–Trinajstić information content (AvgIpc) is 2.12. The average molecular weight is 215 g/mol. The van der Waals surface area contributed by atoms with Gasteiger partial charge in [-0.2, -0.15) is 0 Å². The second-order valence-electron chi connectivity index (χ2n) is 4.26. The van der Waals surface area contributed by atoms with Crippen molar-refractivity contribution in [3.8, 4) is 0 Å². The van der Waals surface area contributed by atoms with E-state index in [-0.39, 0.29) is 17.7 Å². The van der Waals surface area contributed by atoms with Gasteiger partial charge in [-0.25, -0.2) is 4.79 Å². The number of amides is 1. The van der Waals surface area contributed by atoms with E-state index in [9.17, 15) is 9.59 Å². The highest BCUT2D eigenvalue weighted by Gasteiger charge is 2.25. The van der Waals surface area contributed by atoms with E-state index in [2.05, 4.69) is 5.32 Å². The highest BCUT2D eigenvalue weighted by molar-refractivity contribution is 5.84. The minimum absolute atomic E-state index is 0.0970. The second-order valence-corrected chi connectivity index (χ2v) is 4.26. The normalized spacial score (nSPS) is 14.7. The number of carboxylic acid groups (broad SMARTS) is 1. The monoisotopic (exact) mass is 215 g/mol. The van der Waals surface area contributed by atoms with Crippen LogP contribution in [0, 0.1) is 11.8 Å². The van der Waals surface area contributed by atoms with Gasteiger partial charge in [-0.1, -0.05) is 34.1 Å². The Morgan fingerprint density at radius 2 is 1.80 bits per heavy atom. The molecule has 0 saturated carbocycles. The maximum absolute atomic E-state index is 11.6. The standard InChI is InChI=1S/C11H21NO3/c1-5-6-8(4)10(13)12-9(7(2)3)11(14)15/h7-9H,5-6H2,1-4H3,(H,12,13)(H,14,15)/t8-,9-/m0/s1. The van der Waals surface area contributed by atoms with Crippen LogP contribution in [0.3, 0.4) is 0 Å². The van der Waals surface area contributed by atoms with Crippen molar-refractivity contribution in [2.24, 2.45) is 11.8 Å². The highest BCUT2D eigenvalue weighted by Crippen LogP contribution is 2.08. The van der Waals surface area contributed by atoms with Crippen molar-refractivity contribution in [1.82, 2.24) is 5.32 Å². The molecule has 0 aliphatic heterocycles. The Labute approximate surface area is 91.1 Å². The van der Waals surface area contributed by atoms with Gasteiger partial charge in [0.15, 0.2) is 0 Å². The van der Waals surface area contributed by atoms with E-state index in [0.29, 0.717) is 0 Å². The molecule has 0 fully saturated rings. The van der Waals surface area contributed by atoms with Gasteiger partial charge in [0.05, 0.1) is 0 Å². The van der Waals surface area contributed by atoms with Crippen LogP contribution in [0.25, 0.3) is 0 Å². The summed E-state index contributed by atoms with van der Waals surface area (Å²) < 4.78 is 0. The Hall–Kier alpha value is -1.06. The summed E-state index contributed by atoms with van der Waals surface area (Å²) in [5, 5.41) is 11.5. The third-order valence-electron chi connectivity index (χ3n) is 2.40. The maximum Gasteiger partial charge on any atom is 0.326 e. The predicted octanol–water partition coefficient (Wildman–Crippen LogP) is 1.65. The summed E-state index contributed by atoms with van der Waals surface area (Å²) in [6.45, 7) is 7.38. The van der Waals surface area contributed by atoms with Crippen LogP contribution in [-0.2, 0) is 9.59 Å². The van der Waals surface area contributed by atoms with Crippen LogP contribution in [-0.4, -0.2) is 23.0 Å². The van der Waals surface area contributed by atoms with Gasteiger partial charge in [0, 0.05) is 5.92 Å². The van der Waals surface area contributed by atoms with E-state index < -0.39 is 12.0 Å². The van der Waals surface area contributed by atoms with Crippen molar-refractivity contribution in [2.75, 3.05) is 0 Å². The summed E-state index contributed by atoms with van der Waals surface area (Å²) in [5.74, 6) is -1.35. The predicted molar refractivity (Wildman–Crippen MR) is 58.5 cm³/mol. The summed E-state index contributed by atoms with van der Waals surface area (Å²) in [7, 11) is 0. The van der Waals surface area contributed by atoms with E-state index in [1.54, 1.807) is 13.8 Å². The molecule has 0 aromatic rings. The topological polar surface area (TPSA) is 66.4 Å². The Kier molecular flexibility index (Phi) is 5.97. The van der Waals surface area contributed by atoms with Gasteiger partial charge in [0.2, 0.25) is 5.91 Å². The van der Waals surface area contributed by atoms with Crippen molar-refractivity contribution in [3.63, 3.8) is 0 Å². The summed E-state index contributed by atoms with van der Waals surface area (Å²) >= 11 is 0. The molecule has 2 N–H and O–H groups in total. The number of hydrogen-bond donors (Lipinski definition) is 2. The molecule has 1 amide bonds. The molecule has 0 aromatic heterocycles. The first-order chi connectivity index (χ1) is 6.90. The van der Waals surface area contributed by atoms with Crippen LogP contribution in [0.5, 0.6) is 0 Å². The Morgan fingerprint density at radius 1 is 1.27 bits per heavy atom. The molecule has 0 aromatic carbocycles. The van der Waals surface area contributed by atoms with E-state index in [4.69, 9.17) is 5.11 Å². The van der Waals surface area contributed by atoms with Crippen LogP contribution in [0.2, 0.25) is 0 Å². The van der Waals surface area contributed by atoms with Crippen molar-refractivity contribution in [3.05, 3.63) is 0 Å². The van der Waals surface area contributed by atoms with Crippen LogP contribution >= 0.6 is 0 Å². The zero-order valence-electron chi connectivity index (χ0n) is 9.91. The molecule has 0 aliphatic carbocycles. The van der Waals surface area contributed by atoms with E-state index in [1.165, 1.54) is 0 Å². The highest BCUT2D eigenvalue weighted by atomic mass is 16.4. The Morgan fingerprint density at radius 3 is 2.13 bits per heavy atom. The Bertz CT molecular complexity index is 226. The molecule has 0 aliphatic rings. The third kappa shape index (κ3) is 4.81. The zero-order chi connectivity index (χ0) is 12.0. The smallest absolute Gasteiger partial charge is 0.326 e. The lowest BCUT2D eigenvalue weighted by Crippen LogP contribution is -2.46. The molecule has 15 heavy (non-hydrogen) atoms. The second kappa shape index (κ2) is 6.43. The molecular formula is C11H21NO3. The van der Waals surface area contributed by atoms with Gasteiger partial charge in [-0.3, -0.25) is 4.79 Å². The molecule has 4 nitrogen and oxygen atoms in total. The molecule has 0 heterocycles. The van der Waals surface area contributed by atoms with Crippen molar-refractivity contribution < 1.29 is 14.7 Å². The molecule has 0 rings (SSSR count). The molecule has 2 atom stereocenters. The van der Waals surface area contributed by atoms with Gasteiger partial charge >= 0.3 is 5.97 Å².